The first kappa shape index (κ1) is 19.2. The van der Waals surface area contributed by atoms with Crippen molar-refractivity contribution in [1.29, 1.82) is 0 Å². The maximum absolute atomic E-state index is 11.5. The Kier molecular flexibility index (Phi) is 5.66. The highest BCUT2D eigenvalue weighted by atomic mass is 16.8. The fourth-order valence-corrected chi connectivity index (χ4v) is 3.29. The van der Waals surface area contributed by atoms with Crippen LogP contribution < -0.4 is 0 Å². The van der Waals surface area contributed by atoms with Crippen LogP contribution in [0.3, 0.4) is 0 Å². The number of carbonyl (C=O) groups excluding carboxylic acids is 4. The molecule has 1 saturated heterocycles. The maximum atomic E-state index is 11.5. The van der Waals surface area contributed by atoms with Gasteiger partial charge in [-0.25, -0.2) is 0 Å². The molecule has 0 aromatic rings. The highest BCUT2D eigenvalue weighted by Crippen LogP contribution is 2.52. The molecule has 2 rings (SSSR count). The van der Waals surface area contributed by atoms with Crippen molar-refractivity contribution in [3.05, 3.63) is 0 Å². The predicted octanol–water partition coefficient (Wildman–Crippen LogP) is 0.481. The van der Waals surface area contributed by atoms with Gasteiger partial charge in [-0.15, -0.1) is 0 Å². The van der Waals surface area contributed by atoms with Crippen LogP contribution in [0.2, 0.25) is 0 Å². The summed E-state index contributed by atoms with van der Waals surface area (Å²) in [5.74, 6) is -2.57. The van der Waals surface area contributed by atoms with Crippen LogP contribution in [0.5, 0.6) is 0 Å². The molecule has 0 radical (unpaired) electrons. The second-order valence-electron chi connectivity index (χ2n) is 6.19. The van der Waals surface area contributed by atoms with E-state index in [-0.39, 0.29) is 12.5 Å². The number of rotatable bonds is 5. The van der Waals surface area contributed by atoms with Crippen molar-refractivity contribution < 1.29 is 42.9 Å². The third-order valence-corrected chi connectivity index (χ3v) is 4.32. The number of carbonyl (C=O) groups is 4. The predicted molar refractivity (Wildman–Crippen MR) is 79.8 cm³/mol. The van der Waals surface area contributed by atoms with Crippen molar-refractivity contribution in [2.24, 2.45) is 5.92 Å². The summed E-state index contributed by atoms with van der Waals surface area (Å²) < 4.78 is 26.6. The van der Waals surface area contributed by atoms with E-state index in [1.54, 1.807) is 0 Å². The first-order valence-corrected chi connectivity index (χ1v) is 7.98. The van der Waals surface area contributed by atoms with Crippen molar-refractivity contribution in [3.63, 3.8) is 0 Å². The SMILES string of the molecule is CC(=O)OC[C@H]1CC[C@@]12OC(OC(C)=O)C(OC(C)=O)C2OC(C)=O. The zero-order chi connectivity index (χ0) is 18.8. The third kappa shape index (κ3) is 4.09. The van der Waals surface area contributed by atoms with Crippen LogP contribution >= 0.6 is 0 Å². The average Bonchev–Trinajstić information content (AvgIpc) is 2.72. The number of esters is 4. The van der Waals surface area contributed by atoms with E-state index in [0.717, 1.165) is 0 Å². The quantitative estimate of drug-likeness (QED) is 0.511. The van der Waals surface area contributed by atoms with Crippen molar-refractivity contribution in [3.8, 4) is 0 Å². The molecule has 0 aromatic heterocycles. The van der Waals surface area contributed by atoms with E-state index < -0.39 is 48.0 Å². The van der Waals surface area contributed by atoms with Crippen LogP contribution in [0, 0.1) is 5.92 Å². The third-order valence-electron chi connectivity index (χ3n) is 4.32. The van der Waals surface area contributed by atoms with Gasteiger partial charge < -0.3 is 23.7 Å². The molecule has 1 aliphatic carbocycles. The molecule has 1 spiro atoms. The zero-order valence-electron chi connectivity index (χ0n) is 14.6. The lowest BCUT2D eigenvalue weighted by Crippen LogP contribution is -2.59. The summed E-state index contributed by atoms with van der Waals surface area (Å²) in [6, 6.07) is 0. The van der Waals surface area contributed by atoms with Gasteiger partial charge in [0.25, 0.3) is 0 Å². The van der Waals surface area contributed by atoms with Crippen LogP contribution in [-0.2, 0) is 42.9 Å². The fourth-order valence-electron chi connectivity index (χ4n) is 3.29. The van der Waals surface area contributed by atoms with Crippen LogP contribution in [0.1, 0.15) is 40.5 Å². The second-order valence-corrected chi connectivity index (χ2v) is 6.19. The summed E-state index contributed by atoms with van der Waals surface area (Å²) in [6.45, 7) is 4.95. The largest absolute Gasteiger partial charge is 0.465 e. The average molecular weight is 358 g/mol. The minimum Gasteiger partial charge on any atom is -0.465 e. The summed E-state index contributed by atoms with van der Waals surface area (Å²) in [5, 5.41) is 0. The second kappa shape index (κ2) is 7.38. The molecule has 0 N–H and O–H groups in total. The Morgan fingerprint density at radius 2 is 1.52 bits per heavy atom. The monoisotopic (exact) mass is 358 g/mol. The van der Waals surface area contributed by atoms with E-state index in [4.69, 9.17) is 23.7 Å². The molecule has 0 bridgehead atoms. The standard InChI is InChI=1S/C16H22O9/c1-8(17)21-7-12-5-6-16(12)14(23-10(3)19)13(22-9(2)18)15(25-16)24-11(4)20/h12-15H,5-7H2,1-4H3/t12-,13?,14?,15?,16-/m1/s1. The smallest absolute Gasteiger partial charge is 0.305 e. The molecule has 5 atom stereocenters. The summed E-state index contributed by atoms with van der Waals surface area (Å²) in [5.41, 5.74) is -1.04. The van der Waals surface area contributed by atoms with Gasteiger partial charge in [-0.2, -0.15) is 0 Å². The van der Waals surface area contributed by atoms with E-state index >= 15 is 0 Å². The molecule has 2 aliphatic rings. The van der Waals surface area contributed by atoms with Crippen LogP contribution in [0.4, 0.5) is 0 Å². The molecule has 9 nitrogen and oxygen atoms in total. The molecular weight excluding hydrogens is 336 g/mol. The molecule has 2 fully saturated rings. The van der Waals surface area contributed by atoms with Gasteiger partial charge in [0.05, 0.1) is 6.61 Å². The minimum absolute atomic E-state index is 0.0622. The molecular formula is C16H22O9. The fraction of sp³-hybridized carbons (Fsp3) is 0.750. The van der Waals surface area contributed by atoms with Gasteiger partial charge in [0, 0.05) is 33.6 Å². The van der Waals surface area contributed by atoms with Crippen molar-refractivity contribution in [2.75, 3.05) is 6.61 Å². The molecule has 0 aromatic carbocycles. The Hall–Kier alpha value is -2.16. The first-order chi connectivity index (χ1) is 11.7. The lowest BCUT2D eigenvalue weighted by Gasteiger charge is -2.48. The Morgan fingerprint density at radius 1 is 0.920 bits per heavy atom. The summed E-state index contributed by atoms with van der Waals surface area (Å²) in [6.07, 6.45) is -2.12. The molecule has 0 amide bonds. The lowest BCUT2D eigenvalue weighted by molar-refractivity contribution is -0.238. The molecule has 140 valence electrons. The van der Waals surface area contributed by atoms with Gasteiger partial charge in [-0.05, 0) is 12.8 Å². The van der Waals surface area contributed by atoms with Gasteiger partial charge in [-0.3, -0.25) is 19.2 Å². The zero-order valence-corrected chi connectivity index (χ0v) is 14.6. The Balaban J connectivity index is 2.29. The topological polar surface area (TPSA) is 114 Å². The normalized spacial score (nSPS) is 33.3. The lowest BCUT2D eigenvalue weighted by atomic mass is 9.66. The highest BCUT2D eigenvalue weighted by Gasteiger charge is 2.67. The summed E-state index contributed by atoms with van der Waals surface area (Å²) in [4.78, 5) is 45.4. The molecule has 3 unspecified atom stereocenters. The van der Waals surface area contributed by atoms with Gasteiger partial charge >= 0.3 is 23.9 Å². The highest BCUT2D eigenvalue weighted by molar-refractivity contribution is 5.68. The van der Waals surface area contributed by atoms with Crippen molar-refractivity contribution >= 4 is 23.9 Å². The minimum atomic E-state index is -1.20. The van der Waals surface area contributed by atoms with Crippen molar-refractivity contribution in [2.45, 2.75) is 64.6 Å². The van der Waals surface area contributed by atoms with Crippen molar-refractivity contribution in [1.82, 2.24) is 0 Å². The number of hydrogen-bond donors (Lipinski definition) is 0. The van der Waals surface area contributed by atoms with Gasteiger partial charge in [-0.1, -0.05) is 0 Å². The van der Waals surface area contributed by atoms with Crippen LogP contribution in [0.25, 0.3) is 0 Å². The van der Waals surface area contributed by atoms with E-state index in [1.165, 1.54) is 27.7 Å². The van der Waals surface area contributed by atoms with Gasteiger partial charge in [0.1, 0.15) is 5.60 Å². The number of ether oxygens (including phenoxy) is 5. The van der Waals surface area contributed by atoms with Crippen LogP contribution in [-0.4, -0.2) is 54.6 Å². The van der Waals surface area contributed by atoms with E-state index in [2.05, 4.69) is 0 Å². The van der Waals surface area contributed by atoms with E-state index in [1.807, 2.05) is 0 Å². The number of hydrogen-bond acceptors (Lipinski definition) is 9. The molecule has 9 heteroatoms. The Labute approximate surface area is 144 Å². The molecule has 1 aliphatic heterocycles. The molecule has 1 heterocycles. The summed E-state index contributed by atoms with van der Waals surface area (Å²) >= 11 is 0. The van der Waals surface area contributed by atoms with E-state index in [9.17, 15) is 19.2 Å². The molecule has 25 heavy (non-hydrogen) atoms. The Bertz CT molecular complexity index is 572. The van der Waals surface area contributed by atoms with Crippen LogP contribution in [0.15, 0.2) is 0 Å². The molecule has 1 saturated carbocycles. The van der Waals surface area contributed by atoms with Gasteiger partial charge in [0.2, 0.25) is 12.4 Å². The van der Waals surface area contributed by atoms with E-state index in [0.29, 0.717) is 12.8 Å². The van der Waals surface area contributed by atoms with Gasteiger partial charge in [0.15, 0.2) is 6.10 Å². The summed E-state index contributed by atoms with van der Waals surface area (Å²) in [7, 11) is 0. The Morgan fingerprint density at radius 3 is 1.96 bits per heavy atom. The first-order valence-electron chi connectivity index (χ1n) is 7.98. The maximum Gasteiger partial charge on any atom is 0.305 e.